The zero-order valence-electron chi connectivity index (χ0n) is 36.9. The third-order valence-electron chi connectivity index (χ3n) is 15.5. The Morgan fingerprint density at radius 3 is 1.89 bits per heavy atom. The fourth-order valence-corrected chi connectivity index (χ4v) is 13.9. The van der Waals surface area contributed by atoms with Gasteiger partial charge in [0.15, 0.2) is 0 Å². The normalized spacial score (nSPS) is 17.2. The van der Waals surface area contributed by atoms with E-state index in [1.54, 1.807) is 0 Å². The Bertz CT molecular complexity index is 4300. The van der Waals surface area contributed by atoms with Gasteiger partial charge in [-0.05, 0) is 139 Å². The molecular weight excluding hydrogens is 817 g/mol. The molecule has 1 aliphatic heterocycles. The van der Waals surface area contributed by atoms with E-state index in [0.717, 1.165) is 0 Å². The highest BCUT2D eigenvalue weighted by Crippen LogP contribution is 2.60. The largest absolute Gasteiger partial charge is 0.321 e. The highest BCUT2D eigenvalue weighted by atomic mass is 32.2. The molecule has 4 heterocycles. The molecule has 15 rings (SSSR count). The van der Waals surface area contributed by atoms with Crippen LogP contribution in [0.15, 0.2) is 199 Å². The van der Waals surface area contributed by atoms with Crippen molar-refractivity contribution in [3.05, 3.63) is 216 Å². The Morgan fingerprint density at radius 2 is 1.05 bits per heavy atom. The van der Waals surface area contributed by atoms with Gasteiger partial charge in [-0.25, -0.2) is 0 Å². The number of para-hydroxylation sites is 3. The van der Waals surface area contributed by atoms with E-state index in [9.17, 15) is 0 Å². The van der Waals surface area contributed by atoms with Crippen LogP contribution >= 0.6 is 11.8 Å². The third-order valence-corrected chi connectivity index (χ3v) is 16.9. The summed E-state index contributed by atoms with van der Waals surface area (Å²) in [6.07, 6.45) is 2.42. The molecule has 0 amide bonds. The van der Waals surface area contributed by atoms with Crippen LogP contribution in [-0.2, 0) is 10.3 Å². The first-order valence-corrected chi connectivity index (χ1v) is 24.0. The van der Waals surface area contributed by atoms with E-state index in [0.29, 0.717) is 0 Å². The molecule has 0 radical (unpaired) electrons. The molecule has 1 aliphatic carbocycles. The minimum atomic E-state index is -0.416. The van der Waals surface area contributed by atoms with E-state index in [2.05, 4.69) is 230 Å². The number of nitrogens with zero attached hydrogens (tertiary/aromatic N) is 2. The molecule has 10 aromatic carbocycles. The van der Waals surface area contributed by atoms with Crippen molar-refractivity contribution >= 4 is 105 Å². The Morgan fingerprint density at radius 1 is 0.409 bits per heavy atom. The van der Waals surface area contributed by atoms with Crippen LogP contribution in [0.4, 0.5) is 0 Å². The van der Waals surface area contributed by atoms with Gasteiger partial charge in [0.25, 0.3) is 0 Å². The van der Waals surface area contributed by atoms with Crippen LogP contribution in [-0.4, -0.2) is 8.97 Å². The molecule has 0 N–H and O–H groups in total. The van der Waals surface area contributed by atoms with E-state index in [-0.39, 0.29) is 5.41 Å². The summed E-state index contributed by atoms with van der Waals surface area (Å²) in [4.78, 5) is 0.931. The van der Waals surface area contributed by atoms with E-state index in [1.165, 1.54) is 136 Å². The minimum absolute atomic E-state index is 0.133. The number of hydrogen-bond acceptors (Lipinski definition) is 1. The summed E-state index contributed by atoms with van der Waals surface area (Å²) in [5, 5.41) is 13.0. The van der Waals surface area contributed by atoms with Crippen molar-refractivity contribution in [1.29, 1.82) is 0 Å². The third kappa shape index (κ3) is 4.73. The summed E-state index contributed by atoms with van der Waals surface area (Å²) in [5.74, 6) is 0. The number of thioether (sulfide) groups is 1. The highest BCUT2D eigenvalue weighted by Gasteiger charge is 2.43. The van der Waals surface area contributed by atoms with Crippen LogP contribution in [0.1, 0.15) is 43.0 Å². The summed E-state index contributed by atoms with van der Waals surface area (Å²) in [5.41, 5.74) is 18.0. The van der Waals surface area contributed by atoms with Crippen molar-refractivity contribution in [2.24, 2.45) is 0 Å². The number of aromatic nitrogens is 2. The van der Waals surface area contributed by atoms with Gasteiger partial charge in [0.05, 0.1) is 27.6 Å². The Labute approximate surface area is 386 Å². The van der Waals surface area contributed by atoms with E-state index >= 15 is 0 Å². The fourth-order valence-electron chi connectivity index (χ4n) is 12.4. The second kappa shape index (κ2) is 12.8. The molecule has 0 saturated carbocycles. The number of benzene rings is 10. The molecule has 1 atom stereocenters. The molecule has 3 heteroatoms. The molecule has 2 nitrogen and oxygen atoms in total. The standard InChI is InChI=1S/C63H42N2S/c1-62(2)53-28-25-39(31-49(53)50-33-41-34-52-47-21-13-20-46-44-18-9-11-22-56(44)64(60(46)47)59(52)36-42(41)35-54(50)62)40-26-29-58-51(32-40)45-19-10-12-23-57(45)65(58)63(3)55(30-37-14-5-4-6-15-37)48-27-24-38-16-7-8-17-43(38)61(48)66-63/h4-36H,1-3H3/b55-30+. The van der Waals surface area contributed by atoms with Crippen LogP contribution in [0.2, 0.25) is 0 Å². The maximum absolute atomic E-state index is 2.62. The monoisotopic (exact) mass is 858 g/mol. The Hall–Kier alpha value is -7.59. The summed E-state index contributed by atoms with van der Waals surface area (Å²) in [6, 6.07) is 73.3. The van der Waals surface area contributed by atoms with Gasteiger partial charge in [0, 0.05) is 42.6 Å². The quantitative estimate of drug-likeness (QED) is 0.172. The first kappa shape index (κ1) is 36.7. The summed E-state index contributed by atoms with van der Waals surface area (Å²) in [6.45, 7) is 7.23. The predicted octanol–water partition coefficient (Wildman–Crippen LogP) is 17.2. The molecule has 310 valence electrons. The first-order valence-electron chi connectivity index (χ1n) is 23.2. The summed E-state index contributed by atoms with van der Waals surface area (Å²) < 4.78 is 5.12. The average molecular weight is 859 g/mol. The molecule has 1 unspecified atom stereocenters. The number of fused-ring (bicyclic) bond motifs is 16. The first-order chi connectivity index (χ1) is 32.3. The molecule has 13 aromatic rings. The second-order valence-electron chi connectivity index (χ2n) is 19.4. The zero-order chi connectivity index (χ0) is 43.6. The Kier molecular flexibility index (Phi) is 7.13. The van der Waals surface area contributed by atoms with Crippen molar-refractivity contribution in [2.75, 3.05) is 0 Å². The van der Waals surface area contributed by atoms with E-state index < -0.39 is 4.87 Å². The molecule has 0 saturated heterocycles. The molecule has 0 fully saturated rings. The lowest BCUT2D eigenvalue weighted by atomic mass is 9.81. The van der Waals surface area contributed by atoms with Gasteiger partial charge < -0.3 is 8.97 Å². The number of hydrogen-bond donors (Lipinski definition) is 0. The van der Waals surface area contributed by atoms with Gasteiger partial charge in [-0.15, -0.1) is 0 Å². The van der Waals surface area contributed by atoms with Crippen molar-refractivity contribution in [2.45, 2.75) is 36.0 Å². The van der Waals surface area contributed by atoms with Crippen molar-refractivity contribution < 1.29 is 0 Å². The predicted molar refractivity (Wildman–Crippen MR) is 282 cm³/mol. The van der Waals surface area contributed by atoms with Gasteiger partial charge in [-0.3, -0.25) is 0 Å². The van der Waals surface area contributed by atoms with Gasteiger partial charge in [-0.1, -0.05) is 165 Å². The molecule has 3 aromatic heterocycles. The van der Waals surface area contributed by atoms with Crippen LogP contribution in [0.5, 0.6) is 0 Å². The Balaban J connectivity index is 0.893. The summed E-state index contributed by atoms with van der Waals surface area (Å²) >= 11 is 1.99. The molecular formula is C63H42N2S. The van der Waals surface area contributed by atoms with Crippen LogP contribution in [0.3, 0.4) is 0 Å². The van der Waals surface area contributed by atoms with Gasteiger partial charge in [0.1, 0.15) is 4.87 Å². The van der Waals surface area contributed by atoms with Gasteiger partial charge >= 0.3 is 0 Å². The van der Waals surface area contributed by atoms with E-state index in [1.807, 2.05) is 11.8 Å². The zero-order valence-corrected chi connectivity index (χ0v) is 37.7. The smallest absolute Gasteiger partial charge is 0.119 e. The SMILES string of the molecule is CC1(C)c2ccc(-c3ccc4c(c3)c3ccccc3n4C3(C)Sc4c(ccc5ccccc45)/C3=C\c3ccccc3)cc2-c2cc3cc4c5cccc6c7ccccc7n(c4cc3cc21)c65. The maximum Gasteiger partial charge on any atom is 0.119 e. The fraction of sp³-hybridized carbons (Fsp3) is 0.0794. The van der Waals surface area contributed by atoms with Gasteiger partial charge in [-0.2, -0.15) is 0 Å². The lowest BCUT2D eigenvalue weighted by molar-refractivity contribution is 0.661. The van der Waals surface area contributed by atoms with Crippen molar-refractivity contribution in [3.63, 3.8) is 0 Å². The average Bonchev–Trinajstić information content (AvgIpc) is 4.11. The van der Waals surface area contributed by atoms with Crippen LogP contribution < -0.4 is 0 Å². The minimum Gasteiger partial charge on any atom is -0.321 e. The highest BCUT2D eigenvalue weighted by molar-refractivity contribution is 8.01. The lowest BCUT2D eigenvalue weighted by Crippen LogP contribution is -2.24. The van der Waals surface area contributed by atoms with Crippen LogP contribution in [0, 0.1) is 0 Å². The molecule has 0 bridgehead atoms. The lowest BCUT2D eigenvalue weighted by Gasteiger charge is -2.30. The van der Waals surface area contributed by atoms with Gasteiger partial charge in [0.2, 0.25) is 0 Å². The second-order valence-corrected chi connectivity index (χ2v) is 20.8. The van der Waals surface area contributed by atoms with Crippen LogP contribution in [0.25, 0.3) is 115 Å². The maximum atomic E-state index is 2.62. The topological polar surface area (TPSA) is 9.34 Å². The van der Waals surface area contributed by atoms with E-state index in [4.69, 9.17) is 0 Å². The van der Waals surface area contributed by atoms with Crippen molar-refractivity contribution in [3.8, 4) is 22.3 Å². The molecule has 0 spiro atoms. The molecule has 66 heavy (non-hydrogen) atoms. The molecule has 2 aliphatic rings. The summed E-state index contributed by atoms with van der Waals surface area (Å²) in [7, 11) is 0. The number of rotatable bonds is 3. The van der Waals surface area contributed by atoms with Crippen molar-refractivity contribution in [1.82, 2.24) is 8.97 Å².